The zero-order chi connectivity index (χ0) is 25.9. The van der Waals surface area contributed by atoms with Gasteiger partial charge in [0.2, 0.25) is 5.91 Å². The van der Waals surface area contributed by atoms with Crippen molar-refractivity contribution < 1.29 is 19.4 Å². The number of amides is 2. The molecule has 2 aromatic rings. The molecule has 2 fully saturated rings. The van der Waals surface area contributed by atoms with Crippen LogP contribution in [0.5, 0.6) is 0 Å². The third-order valence-electron chi connectivity index (χ3n) is 6.72. The van der Waals surface area contributed by atoms with Gasteiger partial charge in [-0.15, -0.1) is 0 Å². The van der Waals surface area contributed by atoms with Gasteiger partial charge in [-0.05, 0) is 29.2 Å². The molecule has 0 radical (unpaired) electrons. The van der Waals surface area contributed by atoms with Gasteiger partial charge in [-0.3, -0.25) is 24.4 Å². The zero-order valence-electron chi connectivity index (χ0n) is 20.9. The summed E-state index contributed by atoms with van der Waals surface area (Å²) in [4.78, 5) is 34.7. The number of nitrogens with zero attached hydrogens (tertiary/aromatic N) is 4. The first-order chi connectivity index (χ1) is 17.2. The topological polar surface area (TPSA) is 119 Å². The smallest absolute Gasteiger partial charge is 0.251 e. The maximum absolute atomic E-state index is 14.1. The van der Waals surface area contributed by atoms with Crippen molar-refractivity contribution in [1.29, 1.82) is 5.26 Å². The number of anilines is 1. The molecule has 4 rings (SSSR count). The number of carbonyl (C=O) groups excluding carboxylic acids is 2. The number of aliphatic hydroxyl groups excluding tert-OH is 1. The Labute approximate surface area is 211 Å². The number of ether oxygens (including phenoxy) is 1. The van der Waals surface area contributed by atoms with Crippen LogP contribution in [0.4, 0.5) is 5.69 Å². The fourth-order valence-corrected chi connectivity index (χ4v) is 4.54. The number of carbonyl (C=O) groups is 2. The molecule has 3 atom stereocenters. The van der Waals surface area contributed by atoms with Crippen molar-refractivity contribution in [3.8, 4) is 6.19 Å². The summed E-state index contributed by atoms with van der Waals surface area (Å²) < 4.78 is 5.22. The lowest BCUT2D eigenvalue weighted by Crippen LogP contribution is -2.51. The molecule has 0 aliphatic carbocycles. The maximum atomic E-state index is 14.1. The molecule has 2 aliphatic heterocycles. The van der Waals surface area contributed by atoms with Crippen LogP contribution in [0.15, 0.2) is 48.8 Å². The number of hydrogen-bond donors (Lipinski definition) is 2. The Kier molecular flexibility index (Phi) is 7.57. The number of nitriles is 1. The van der Waals surface area contributed by atoms with Crippen molar-refractivity contribution in [3.63, 3.8) is 0 Å². The van der Waals surface area contributed by atoms with Gasteiger partial charge in [0.05, 0.1) is 25.9 Å². The molecule has 1 aromatic carbocycles. The van der Waals surface area contributed by atoms with Gasteiger partial charge in [0.15, 0.2) is 6.19 Å². The summed E-state index contributed by atoms with van der Waals surface area (Å²) in [6.07, 6.45) is 4.53. The minimum atomic E-state index is -1.01. The van der Waals surface area contributed by atoms with Gasteiger partial charge in [-0.2, -0.15) is 5.26 Å². The summed E-state index contributed by atoms with van der Waals surface area (Å²) in [5.74, 6) is -0.532. The third kappa shape index (κ3) is 5.50. The lowest BCUT2D eigenvalue weighted by molar-refractivity contribution is -0.128. The highest BCUT2D eigenvalue weighted by Gasteiger charge is 2.42. The molecular weight excluding hydrogens is 458 g/mol. The second-order valence-electron chi connectivity index (χ2n) is 10.5. The van der Waals surface area contributed by atoms with Crippen molar-refractivity contribution in [2.24, 2.45) is 5.92 Å². The highest BCUT2D eigenvalue weighted by atomic mass is 16.5. The van der Waals surface area contributed by atoms with Crippen molar-refractivity contribution in [2.75, 3.05) is 31.2 Å². The SMILES string of the molecule is CC(C)(C)c1ccc(N(C(=O)[C@H]2C[C@@H](O)CN2C#N)C(C(=O)NCC2COC2)c2cccnc2)cc1. The van der Waals surface area contributed by atoms with E-state index in [-0.39, 0.29) is 30.2 Å². The number of β-amino-alcohol motifs (C(OH)–C–C–N with tert-alkyl or cyclic N) is 1. The minimum Gasteiger partial charge on any atom is -0.391 e. The Morgan fingerprint density at radius 2 is 2.00 bits per heavy atom. The monoisotopic (exact) mass is 491 g/mol. The van der Waals surface area contributed by atoms with Gasteiger partial charge >= 0.3 is 0 Å². The summed E-state index contributed by atoms with van der Waals surface area (Å²) in [5, 5.41) is 22.8. The van der Waals surface area contributed by atoms with Crippen LogP contribution in [-0.4, -0.2) is 65.3 Å². The van der Waals surface area contributed by atoms with Gasteiger partial charge < -0.3 is 15.2 Å². The van der Waals surface area contributed by atoms with E-state index in [1.807, 2.05) is 30.5 Å². The molecule has 2 amide bonds. The van der Waals surface area contributed by atoms with E-state index < -0.39 is 24.1 Å². The Morgan fingerprint density at radius 1 is 1.28 bits per heavy atom. The molecular formula is C27H33N5O4. The summed E-state index contributed by atoms with van der Waals surface area (Å²) in [6, 6.07) is 9.16. The van der Waals surface area contributed by atoms with Crippen LogP contribution in [0.2, 0.25) is 0 Å². The zero-order valence-corrected chi connectivity index (χ0v) is 20.9. The maximum Gasteiger partial charge on any atom is 0.251 e. The fourth-order valence-electron chi connectivity index (χ4n) is 4.54. The highest BCUT2D eigenvalue weighted by Crippen LogP contribution is 2.33. The second-order valence-corrected chi connectivity index (χ2v) is 10.5. The lowest BCUT2D eigenvalue weighted by atomic mass is 9.87. The molecule has 9 nitrogen and oxygen atoms in total. The van der Waals surface area contributed by atoms with Crippen LogP contribution < -0.4 is 10.2 Å². The normalized spacial score (nSPS) is 20.8. The summed E-state index contributed by atoms with van der Waals surface area (Å²) >= 11 is 0. The molecule has 3 heterocycles. The first-order valence-corrected chi connectivity index (χ1v) is 12.2. The average molecular weight is 492 g/mol. The number of benzene rings is 1. The predicted molar refractivity (Wildman–Crippen MR) is 134 cm³/mol. The average Bonchev–Trinajstić information content (AvgIpc) is 3.22. The van der Waals surface area contributed by atoms with Crippen molar-refractivity contribution in [1.82, 2.24) is 15.2 Å². The molecule has 9 heteroatoms. The molecule has 190 valence electrons. The van der Waals surface area contributed by atoms with Gasteiger partial charge in [0.25, 0.3) is 5.91 Å². The largest absolute Gasteiger partial charge is 0.391 e. The van der Waals surface area contributed by atoms with E-state index in [2.05, 4.69) is 31.1 Å². The third-order valence-corrected chi connectivity index (χ3v) is 6.72. The van der Waals surface area contributed by atoms with E-state index >= 15 is 0 Å². The van der Waals surface area contributed by atoms with E-state index in [0.717, 1.165) is 5.56 Å². The Bertz CT molecular complexity index is 1110. The Hall–Kier alpha value is -3.48. The molecule has 0 spiro atoms. The summed E-state index contributed by atoms with van der Waals surface area (Å²) in [7, 11) is 0. The highest BCUT2D eigenvalue weighted by molar-refractivity contribution is 6.04. The standard InChI is InChI=1S/C27H33N5O4/c1-27(2,3)20-6-8-21(9-7-20)32(26(35)23-11-22(33)14-31(23)17-28)24(19-5-4-10-29-13-19)25(34)30-12-18-15-36-16-18/h4-10,13,18,22-24,33H,11-12,14-16H2,1-3H3,(H,30,34)/t22-,23-,24?/m1/s1. The van der Waals surface area contributed by atoms with E-state index in [0.29, 0.717) is 31.0 Å². The van der Waals surface area contributed by atoms with Crippen LogP contribution in [0.1, 0.15) is 44.4 Å². The first-order valence-electron chi connectivity index (χ1n) is 12.2. The number of hydrogen-bond acceptors (Lipinski definition) is 7. The van der Waals surface area contributed by atoms with E-state index in [1.54, 1.807) is 24.5 Å². The van der Waals surface area contributed by atoms with Crippen LogP contribution in [0.25, 0.3) is 0 Å². The van der Waals surface area contributed by atoms with Crippen LogP contribution in [0.3, 0.4) is 0 Å². The van der Waals surface area contributed by atoms with E-state index in [9.17, 15) is 20.0 Å². The number of aromatic nitrogens is 1. The number of nitrogens with one attached hydrogen (secondary N) is 1. The van der Waals surface area contributed by atoms with Gasteiger partial charge in [0, 0.05) is 42.5 Å². The molecule has 2 N–H and O–H groups in total. The molecule has 1 aromatic heterocycles. The Balaban J connectivity index is 1.76. The van der Waals surface area contributed by atoms with Gasteiger partial charge in [0.1, 0.15) is 12.1 Å². The molecule has 36 heavy (non-hydrogen) atoms. The minimum absolute atomic E-state index is 0.0785. The number of pyridine rings is 1. The molecule has 1 unspecified atom stereocenters. The predicted octanol–water partition coefficient (Wildman–Crippen LogP) is 2.13. The number of aliphatic hydroxyl groups is 1. The molecule has 2 saturated heterocycles. The van der Waals surface area contributed by atoms with E-state index in [4.69, 9.17) is 4.74 Å². The van der Waals surface area contributed by atoms with Crippen LogP contribution in [0, 0.1) is 17.4 Å². The summed E-state index contributed by atoms with van der Waals surface area (Å²) in [6.45, 7) is 8.00. The molecule has 0 saturated carbocycles. The number of rotatable bonds is 7. The summed E-state index contributed by atoms with van der Waals surface area (Å²) in [5.41, 5.74) is 2.07. The molecule has 2 aliphatic rings. The van der Waals surface area contributed by atoms with Crippen molar-refractivity contribution in [2.45, 2.75) is 50.8 Å². The lowest BCUT2D eigenvalue weighted by Gasteiger charge is -2.35. The van der Waals surface area contributed by atoms with Crippen LogP contribution >= 0.6 is 0 Å². The van der Waals surface area contributed by atoms with Crippen molar-refractivity contribution in [3.05, 3.63) is 59.9 Å². The Morgan fingerprint density at radius 3 is 2.56 bits per heavy atom. The number of likely N-dealkylation sites (tertiary alicyclic amines) is 1. The van der Waals surface area contributed by atoms with Crippen molar-refractivity contribution >= 4 is 17.5 Å². The fraction of sp³-hybridized carbons (Fsp3) is 0.481. The first kappa shape index (κ1) is 25.6. The van der Waals surface area contributed by atoms with E-state index in [1.165, 1.54) is 9.80 Å². The van der Waals surface area contributed by atoms with Gasteiger partial charge in [-0.1, -0.05) is 39.0 Å². The molecule has 0 bridgehead atoms. The quantitative estimate of drug-likeness (QED) is 0.570. The van der Waals surface area contributed by atoms with Crippen LogP contribution in [-0.2, 0) is 19.7 Å². The van der Waals surface area contributed by atoms with Gasteiger partial charge in [-0.25, -0.2) is 0 Å². The second kappa shape index (κ2) is 10.6.